The molecular formula is C25H39NO2. The fraction of sp³-hybridized carbons (Fsp3) is 0.560. The molecule has 3 nitrogen and oxygen atoms in total. The molecule has 0 fully saturated rings. The van der Waals surface area contributed by atoms with Crippen LogP contribution < -0.4 is 4.74 Å². The largest absolute Gasteiger partial charge is 0.497 e. The molecule has 0 aliphatic carbocycles. The van der Waals surface area contributed by atoms with Crippen molar-refractivity contribution in [1.82, 2.24) is 4.90 Å². The van der Waals surface area contributed by atoms with E-state index in [1.54, 1.807) is 7.11 Å². The number of carbonyl (C=O) groups excluding carboxylic acids is 1. The average molecular weight is 386 g/mol. The third-order valence-corrected chi connectivity index (χ3v) is 5.38. The van der Waals surface area contributed by atoms with E-state index in [9.17, 15) is 4.79 Å². The van der Waals surface area contributed by atoms with Crippen LogP contribution in [-0.4, -0.2) is 36.9 Å². The van der Waals surface area contributed by atoms with Crippen LogP contribution >= 0.6 is 0 Å². The Morgan fingerprint density at radius 1 is 1.04 bits per heavy atom. The highest BCUT2D eigenvalue weighted by Crippen LogP contribution is 2.24. The van der Waals surface area contributed by atoms with Crippen molar-refractivity contribution in [1.29, 1.82) is 0 Å². The predicted octanol–water partition coefficient (Wildman–Crippen LogP) is 6.59. The molecule has 1 unspecified atom stereocenters. The summed E-state index contributed by atoms with van der Waals surface area (Å²) in [6, 6.07) is 12.5. The van der Waals surface area contributed by atoms with Crippen molar-refractivity contribution in [3.8, 4) is 5.75 Å². The molecule has 0 aliphatic rings. The summed E-state index contributed by atoms with van der Waals surface area (Å²) in [5.74, 6) is 1.54. The number of fused-ring (bicyclic) bond motifs is 1. The van der Waals surface area contributed by atoms with Gasteiger partial charge in [-0.25, -0.2) is 0 Å². The highest BCUT2D eigenvalue weighted by molar-refractivity contribution is 6.00. The Labute approximate surface area is 172 Å². The van der Waals surface area contributed by atoms with Crippen LogP contribution in [0.2, 0.25) is 0 Å². The lowest BCUT2D eigenvalue weighted by Gasteiger charge is -2.26. The molecule has 2 aromatic rings. The molecule has 0 saturated carbocycles. The van der Waals surface area contributed by atoms with E-state index in [4.69, 9.17) is 4.74 Å². The minimum absolute atomic E-state index is 0.252. The van der Waals surface area contributed by atoms with Gasteiger partial charge in [-0.05, 0) is 68.2 Å². The van der Waals surface area contributed by atoms with Gasteiger partial charge in [0.2, 0.25) is 0 Å². The molecule has 0 radical (unpaired) electrons. The summed E-state index contributed by atoms with van der Waals surface area (Å²) in [6.45, 7) is 15.0. The van der Waals surface area contributed by atoms with Crippen LogP contribution in [0.25, 0.3) is 10.8 Å². The number of benzene rings is 2. The van der Waals surface area contributed by atoms with Gasteiger partial charge in [0.25, 0.3) is 0 Å². The fourth-order valence-electron chi connectivity index (χ4n) is 3.48. The van der Waals surface area contributed by atoms with Crippen molar-refractivity contribution < 1.29 is 9.53 Å². The first-order valence-corrected chi connectivity index (χ1v) is 10.8. The summed E-state index contributed by atoms with van der Waals surface area (Å²) in [5, 5.41) is 2.19. The van der Waals surface area contributed by atoms with Crippen LogP contribution in [0.15, 0.2) is 36.4 Å². The first-order chi connectivity index (χ1) is 13.5. The van der Waals surface area contributed by atoms with Gasteiger partial charge in [-0.1, -0.05) is 52.3 Å². The third kappa shape index (κ3) is 6.94. The van der Waals surface area contributed by atoms with Crippen LogP contribution in [0.4, 0.5) is 0 Å². The summed E-state index contributed by atoms with van der Waals surface area (Å²) < 4.78 is 5.27. The van der Waals surface area contributed by atoms with E-state index in [1.165, 1.54) is 0 Å². The van der Waals surface area contributed by atoms with E-state index in [0.29, 0.717) is 18.4 Å². The minimum atomic E-state index is 0.252. The van der Waals surface area contributed by atoms with Gasteiger partial charge in [0.05, 0.1) is 7.11 Å². The molecule has 0 aliphatic heterocycles. The van der Waals surface area contributed by atoms with E-state index < -0.39 is 0 Å². The van der Waals surface area contributed by atoms with Gasteiger partial charge in [-0.15, -0.1) is 0 Å². The number of carbonyl (C=O) groups is 1. The van der Waals surface area contributed by atoms with Gasteiger partial charge in [0.1, 0.15) is 5.75 Å². The van der Waals surface area contributed by atoms with Crippen LogP contribution in [0.3, 0.4) is 0 Å². The molecular weight excluding hydrogens is 346 g/mol. The second kappa shape index (κ2) is 12.6. The molecule has 2 rings (SSSR count). The second-order valence-electron chi connectivity index (χ2n) is 7.34. The molecule has 1 atom stereocenters. The molecule has 2 aromatic carbocycles. The summed E-state index contributed by atoms with van der Waals surface area (Å²) in [4.78, 5) is 15.3. The summed E-state index contributed by atoms with van der Waals surface area (Å²) >= 11 is 0. The lowest BCUT2D eigenvalue weighted by atomic mass is 9.92. The molecule has 0 N–H and O–H groups in total. The summed E-state index contributed by atoms with van der Waals surface area (Å²) in [5.41, 5.74) is 0.817. The number of methoxy groups -OCH3 is 1. The lowest BCUT2D eigenvalue weighted by Crippen LogP contribution is -2.32. The average Bonchev–Trinajstić information content (AvgIpc) is 2.73. The van der Waals surface area contributed by atoms with Crippen LogP contribution in [0, 0.1) is 5.92 Å². The Kier molecular flexibility index (Phi) is 10.8. The number of hydrogen-bond donors (Lipinski definition) is 0. The van der Waals surface area contributed by atoms with Gasteiger partial charge >= 0.3 is 0 Å². The van der Waals surface area contributed by atoms with Crippen LogP contribution in [0.5, 0.6) is 5.75 Å². The Morgan fingerprint density at radius 3 is 2.25 bits per heavy atom. The van der Waals surface area contributed by atoms with Crippen molar-refractivity contribution in [2.45, 2.75) is 66.8 Å². The topological polar surface area (TPSA) is 29.5 Å². The lowest BCUT2D eigenvalue weighted by molar-refractivity contribution is 0.0952. The Bertz CT molecular complexity index is 724. The summed E-state index contributed by atoms with van der Waals surface area (Å²) in [7, 11) is 1.67. The molecule has 3 heteroatoms. The number of ketones is 1. The maximum absolute atomic E-state index is 12.8. The maximum Gasteiger partial charge on any atom is 0.163 e. The van der Waals surface area contributed by atoms with Crippen molar-refractivity contribution in [3.05, 3.63) is 42.0 Å². The minimum Gasteiger partial charge on any atom is -0.497 e. The van der Waals surface area contributed by atoms with E-state index in [-0.39, 0.29) is 5.78 Å². The first-order valence-electron chi connectivity index (χ1n) is 10.8. The smallest absolute Gasteiger partial charge is 0.163 e. The van der Waals surface area contributed by atoms with E-state index in [0.717, 1.165) is 48.0 Å². The zero-order chi connectivity index (χ0) is 21.1. The monoisotopic (exact) mass is 385 g/mol. The first kappa shape index (κ1) is 24.2. The maximum atomic E-state index is 12.8. The van der Waals surface area contributed by atoms with Crippen LogP contribution in [-0.2, 0) is 0 Å². The predicted molar refractivity (Wildman–Crippen MR) is 122 cm³/mol. The zero-order valence-corrected chi connectivity index (χ0v) is 18.9. The van der Waals surface area contributed by atoms with E-state index in [1.807, 2.05) is 50.2 Å². The highest BCUT2D eigenvalue weighted by atomic mass is 16.5. The fourth-order valence-corrected chi connectivity index (χ4v) is 3.48. The highest BCUT2D eigenvalue weighted by Gasteiger charge is 2.16. The second-order valence-corrected chi connectivity index (χ2v) is 7.34. The standard InChI is InChI=1S/C23H33NO2.C2H6/c1-6-18(12-13-24(7-2)17(3)4)14-23(25)21-9-8-20-16-22(26-5)11-10-19(20)15-21;1-2/h8-11,15-18H,6-7,12-14H2,1-5H3;1-2H3. The quantitative estimate of drug-likeness (QED) is 0.432. The molecule has 0 heterocycles. The molecule has 0 spiro atoms. The number of ether oxygens (including phenoxy) is 1. The molecule has 0 aromatic heterocycles. The van der Waals surface area contributed by atoms with Gasteiger partial charge in [-0.3, -0.25) is 4.79 Å². The van der Waals surface area contributed by atoms with Crippen molar-refractivity contribution in [2.75, 3.05) is 20.2 Å². The van der Waals surface area contributed by atoms with Gasteiger partial charge < -0.3 is 9.64 Å². The van der Waals surface area contributed by atoms with Gasteiger partial charge in [0.15, 0.2) is 5.78 Å². The van der Waals surface area contributed by atoms with Gasteiger partial charge in [0, 0.05) is 18.0 Å². The van der Waals surface area contributed by atoms with E-state index in [2.05, 4.69) is 32.6 Å². The van der Waals surface area contributed by atoms with Crippen molar-refractivity contribution in [3.63, 3.8) is 0 Å². The Morgan fingerprint density at radius 2 is 1.68 bits per heavy atom. The zero-order valence-electron chi connectivity index (χ0n) is 18.9. The molecule has 0 amide bonds. The third-order valence-electron chi connectivity index (χ3n) is 5.38. The number of nitrogens with zero attached hydrogens (tertiary/aromatic N) is 1. The van der Waals surface area contributed by atoms with Crippen molar-refractivity contribution >= 4 is 16.6 Å². The Balaban J connectivity index is 0.00000190. The molecule has 0 bridgehead atoms. The molecule has 28 heavy (non-hydrogen) atoms. The number of Topliss-reactive ketones (excluding diaryl/α,β-unsaturated/α-hetero) is 1. The molecule has 0 saturated heterocycles. The SMILES string of the molecule is CC.CCC(CCN(CC)C(C)C)CC(=O)c1ccc2cc(OC)ccc2c1. The number of rotatable bonds is 10. The van der Waals surface area contributed by atoms with Crippen LogP contribution in [0.1, 0.15) is 71.2 Å². The molecule has 156 valence electrons. The number of hydrogen-bond acceptors (Lipinski definition) is 3. The van der Waals surface area contributed by atoms with E-state index >= 15 is 0 Å². The summed E-state index contributed by atoms with van der Waals surface area (Å²) in [6.07, 6.45) is 2.76. The Hall–Kier alpha value is -1.87. The van der Waals surface area contributed by atoms with Gasteiger partial charge in [-0.2, -0.15) is 0 Å². The normalized spacial score (nSPS) is 12.0. The van der Waals surface area contributed by atoms with Crippen molar-refractivity contribution in [2.24, 2.45) is 5.92 Å².